The van der Waals surface area contributed by atoms with Crippen molar-refractivity contribution in [3.63, 3.8) is 0 Å². The molecular formula is C23H29N3O3. The molecule has 0 atom stereocenters. The molecule has 0 spiro atoms. The van der Waals surface area contributed by atoms with Crippen molar-refractivity contribution in [1.82, 2.24) is 4.90 Å². The van der Waals surface area contributed by atoms with Crippen molar-refractivity contribution >= 4 is 23.2 Å². The average molecular weight is 396 g/mol. The standard InChI is InChI=1S/C23H29N3O3/c1-5-26(6-2)23(28)18-7-9-20(10-8-18)25-22(27)15-24-19-11-13-21(14-12-19)29-16-17(3)4/h7-14,24H,3,5-6,15-16H2,1-2,4H3,(H,25,27). The Bertz CT molecular complexity index is 825. The quantitative estimate of drug-likeness (QED) is 0.592. The number of carbonyl (C=O) groups excluding carboxylic acids is 2. The fourth-order valence-electron chi connectivity index (χ4n) is 2.65. The number of hydrogen-bond acceptors (Lipinski definition) is 4. The van der Waals surface area contributed by atoms with E-state index in [1.807, 2.05) is 45.0 Å². The van der Waals surface area contributed by atoms with Crippen LogP contribution in [-0.4, -0.2) is 43.0 Å². The number of amides is 2. The lowest BCUT2D eigenvalue weighted by molar-refractivity contribution is -0.114. The molecule has 2 aromatic carbocycles. The first-order chi connectivity index (χ1) is 13.9. The highest BCUT2D eigenvalue weighted by molar-refractivity contribution is 5.96. The molecular weight excluding hydrogens is 366 g/mol. The van der Waals surface area contributed by atoms with E-state index in [0.717, 1.165) is 17.0 Å². The van der Waals surface area contributed by atoms with Gasteiger partial charge in [-0.2, -0.15) is 0 Å². The fraction of sp³-hybridized carbons (Fsp3) is 0.304. The molecule has 29 heavy (non-hydrogen) atoms. The van der Waals surface area contributed by atoms with E-state index in [-0.39, 0.29) is 18.4 Å². The highest BCUT2D eigenvalue weighted by Gasteiger charge is 2.12. The van der Waals surface area contributed by atoms with Crippen LogP contribution in [0.15, 0.2) is 60.7 Å². The molecule has 0 saturated heterocycles. The maximum absolute atomic E-state index is 12.3. The van der Waals surface area contributed by atoms with Crippen molar-refractivity contribution in [3.05, 3.63) is 66.2 Å². The maximum Gasteiger partial charge on any atom is 0.253 e. The summed E-state index contributed by atoms with van der Waals surface area (Å²) in [6.07, 6.45) is 0. The van der Waals surface area contributed by atoms with Gasteiger partial charge in [0.15, 0.2) is 0 Å². The van der Waals surface area contributed by atoms with Crippen molar-refractivity contribution in [1.29, 1.82) is 0 Å². The van der Waals surface area contributed by atoms with Gasteiger partial charge in [0.05, 0.1) is 6.54 Å². The first-order valence-electron chi connectivity index (χ1n) is 9.73. The Morgan fingerprint density at radius 3 is 2.10 bits per heavy atom. The van der Waals surface area contributed by atoms with Crippen LogP contribution in [0.2, 0.25) is 0 Å². The minimum Gasteiger partial charge on any atom is -0.489 e. The number of rotatable bonds is 10. The molecule has 6 nitrogen and oxygen atoms in total. The molecule has 0 fully saturated rings. The molecule has 2 N–H and O–H groups in total. The second kappa shape index (κ2) is 10.9. The van der Waals surface area contributed by atoms with Crippen LogP contribution in [0.3, 0.4) is 0 Å². The van der Waals surface area contributed by atoms with Gasteiger partial charge in [-0.25, -0.2) is 0 Å². The molecule has 0 aliphatic heterocycles. The van der Waals surface area contributed by atoms with Crippen LogP contribution in [0.25, 0.3) is 0 Å². The van der Waals surface area contributed by atoms with E-state index < -0.39 is 0 Å². The summed E-state index contributed by atoms with van der Waals surface area (Å²) in [5, 5.41) is 5.89. The fourth-order valence-corrected chi connectivity index (χ4v) is 2.65. The summed E-state index contributed by atoms with van der Waals surface area (Å²) in [5.41, 5.74) is 3.03. The van der Waals surface area contributed by atoms with Crippen LogP contribution in [-0.2, 0) is 4.79 Å². The topological polar surface area (TPSA) is 70.7 Å². The largest absolute Gasteiger partial charge is 0.489 e. The van der Waals surface area contributed by atoms with Gasteiger partial charge in [-0.15, -0.1) is 0 Å². The molecule has 0 unspecified atom stereocenters. The van der Waals surface area contributed by atoms with Crippen molar-refractivity contribution in [2.24, 2.45) is 0 Å². The van der Waals surface area contributed by atoms with Gasteiger partial charge < -0.3 is 20.3 Å². The summed E-state index contributed by atoms with van der Waals surface area (Å²) in [6, 6.07) is 14.3. The first-order valence-corrected chi connectivity index (χ1v) is 9.73. The summed E-state index contributed by atoms with van der Waals surface area (Å²) in [7, 11) is 0. The van der Waals surface area contributed by atoms with Crippen LogP contribution in [0, 0.1) is 0 Å². The van der Waals surface area contributed by atoms with Gasteiger partial charge in [-0.1, -0.05) is 6.58 Å². The summed E-state index contributed by atoms with van der Waals surface area (Å²) < 4.78 is 5.55. The molecule has 2 rings (SSSR count). The molecule has 0 bridgehead atoms. The highest BCUT2D eigenvalue weighted by Crippen LogP contribution is 2.16. The zero-order chi connectivity index (χ0) is 21.2. The Morgan fingerprint density at radius 1 is 0.966 bits per heavy atom. The van der Waals surface area contributed by atoms with Gasteiger partial charge in [0, 0.05) is 30.0 Å². The molecule has 0 aliphatic rings. The van der Waals surface area contributed by atoms with Crippen LogP contribution < -0.4 is 15.4 Å². The second-order valence-electron chi connectivity index (χ2n) is 6.73. The van der Waals surface area contributed by atoms with Crippen LogP contribution >= 0.6 is 0 Å². The molecule has 2 amide bonds. The Hall–Kier alpha value is -3.28. The van der Waals surface area contributed by atoms with Gasteiger partial charge in [-0.3, -0.25) is 9.59 Å². The third-order valence-electron chi connectivity index (χ3n) is 4.26. The number of carbonyl (C=O) groups is 2. The predicted molar refractivity (Wildman–Crippen MR) is 118 cm³/mol. The van der Waals surface area contributed by atoms with E-state index in [0.29, 0.717) is 30.9 Å². The molecule has 6 heteroatoms. The van der Waals surface area contributed by atoms with Crippen LogP contribution in [0.1, 0.15) is 31.1 Å². The summed E-state index contributed by atoms with van der Waals surface area (Å²) in [6.45, 7) is 11.6. The van der Waals surface area contributed by atoms with Crippen molar-refractivity contribution < 1.29 is 14.3 Å². The third kappa shape index (κ3) is 6.99. The van der Waals surface area contributed by atoms with Gasteiger partial charge in [0.25, 0.3) is 5.91 Å². The van der Waals surface area contributed by atoms with Crippen LogP contribution in [0.4, 0.5) is 11.4 Å². The SMILES string of the molecule is C=C(C)COc1ccc(NCC(=O)Nc2ccc(C(=O)N(CC)CC)cc2)cc1. The number of anilines is 2. The minimum absolute atomic E-state index is 0.00906. The molecule has 0 saturated carbocycles. The lowest BCUT2D eigenvalue weighted by Gasteiger charge is -2.18. The van der Waals surface area contributed by atoms with E-state index in [9.17, 15) is 9.59 Å². The minimum atomic E-state index is -0.171. The van der Waals surface area contributed by atoms with Crippen molar-refractivity contribution in [3.8, 4) is 5.75 Å². The number of nitrogens with zero attached hydrogens (tertiary/aromatic N) is 1. The number of nitrogens with one attached hydrogen (secondary N) is 2. The van der Waals surface area contributed by atoms with E-state index in [4.69, 9.17) is 4.74 Å². The van der Waals surface area contributed by atoms with Gasteiger partial charge in [0.1, 0.15) is 12.4 Å². The third-order valence-corrected chi connectivity index (χ3v) is 4.26. The maximum atomic E-state index is 12.3. The van der Waals surface area contributed by atoms with Crippen LogP contribution in [0.5, 0.6) is 5.75 Å². The lowest BCUT2D eigenvalue weighted by atomic mass is 10.1. The van der Waals surface area contributed by atoms with E-state index in [2.05, 4.69) is 17.2 Å². The molecule has 2 aromatic rings. The predicted octanol–water partition coefficient (Wildman–Crippen LogP) is 4.17. The normalized spacial score (nSPS) is 10.2. The van der Waals surface area contributed by atoms with E-state index >= 15 is 0 Å². The Kier molecular flexibility index (Phi) is 8.27. The average Bonchev–Trinajstić information content (AvgIpc) is 2.73. The van der Waals surface area contributed by atoms with E-state index in [1.54, 1.807) is 29.2 Å². The summed E-state index contributed by atoms with van der Waals surface area (Å²) in [5.74, 6) is 0.572. The Balaban J connectivity index is 1.83. The smallest absolute Gasteiger partial charge is 0.253 e. The van der Waals surface area contributed by atoms with Gasteiger partial charge in [0.2, 0.25) is 5.91 Å². The number of hydrogen-bond donors (Lipinski definition) is 2. The summed E-state index contributed by atoms with van der Waals surface area (Å²) in [4.78, 5) is 26.2. The zero-order valence-electron chi connectivity index (χ0n) is 17.3. The molecule has 0 aromatic heterocycles. The first kappa shape index (κ1) is 22.0. The number of ether oxygens (including phenoxy) is 1. The molecule has 154 valence electrons. The van der Waals surface area contributed by atoms with Crippen molar-refractivity contribution in [2.45, 2.75) is 20.8 Å². The zero-order valence-corrected chi connectivity index (χ0v) is 17.3. The molecule has 0 heterocycles. The Labute approximate surface area is 172 Å². The highest BCUT2D eigenvalue weighted by atomic mass is 16.5. The van der Waals surface area contributed by atoms with Gasteiger partial charge in [-0.05, 0) is 74.9 Å². The van der Waals surface area contributed by atoms with Gasteiger partial charge >= 0.3 is 0 Å². The lowest BCUT2D eigenvalue weighted by Crippen LogP contribution is -2.30. The molecule has 0 aliphatic carbocycles. The second-order valence-corrected chi connectivity index (χ2v) is 6.73. The van der Waals surface area contributed by atoms with E-state index in [1.165, 1.54) is 0 Å². The van der Waals surface area contributed by atoms with Crippen molar-refractivity contribution in [2.75, 3.05) is 36.9 Å². The molecule has 0 radical (unpaired) electrons. The summed E-state index contributed by atoms with van der Waals surface area (Å²) >= 11 is 0. The Morgan fingerprint density at radius 2 is 1.55 bits per heavy atom. The monoisotopic (exact) mass is 395 g/mol. The number of benzene rings is 2.